The maximum atomic E-state index is 14.0. The molecule has 122 valence electrons. The van der Waals surface area contributed by atoms with Gasteiger partial charge >= 0.3 is 0 Å². The van der Waals surface area contributed by atoms with Crippen molar-refractivity contribution < 1.29 is 4.57 Å². The molecule has 1 N–H and O–H groups in total. The molecule has 0 bridgehead atoms. The van der Waals surface area contributed by atoms with Crippen LogP contribution in [0.3, 0.4) is 0 Å². The second-order valence-electron chi connectivity index (χ2n) is 6.47. The van der Waals surface area contributed by atoms with Crippen LogP contribution < -0.4 is 15.7 Å². The molecule has 1 aliphatic carbocycles. The third-order valence-corrected chi connectivity index (χ3v) is 7.74. The van der Waals surface area contributed by atoms with Gasteiger partial charge in [0.05, 0.1) is 0 Å². The molecule has 0 radical (unpaired) electrons. The molecule has 1 fully saturated rings. The summed E-state index contributed by atoms with van der Waals surface area (Å²) < 4.78 is 14.0. The molecule has 1 aliphatic rings. The molecule has 0 spiro atoms. The van der Waals surface area contributed by atoms with Crippen molar-refractivity contribution in [2.75, 3.05) is 0 Å². The Labute approximate surface area is 139 Å². The van der Waals surface area contributed by atoms with E-state index in [9.17, 15) is 4.57 Å². The molecule has 23 heavy (non-hydrogen) atoms. The molecule has 2 aromatic rings. The normalized spacial score (nSPS) is 17.3. The Morgan fingerprint density at radius 3 is 1.87 bits per heavy atom. The van der Waals surface area contributed by atoms with Crippen LogP contribution in [0.5, 0.6) is 0 Å². The summed E-state index contributed by atoms with van der Waals surface area (Å²) in [4.78, 5) is 0. The van der Waals surface area contributed by atoms with E-state index in [1.165, 1.54) is 25.7 Å². The van der Waals surface area contributed by atoms with Gasteiger partial charge in [0.25, 0.3) is 0 Å². The first-order chi connectivity index (χ1) is 11.2. The highest BCUT2D eigenvalue weighted by Crippen LogP contribution is 2.42. The zero-order chi connectivity index (χ0) is 16.1. The van der Waals surface area contributed by atoms with Gasteiger partial charge in [0.1, 0.15) is 0 Å². The number of rotatable bonds is 6. The molecule has 0 amide bonds. The van der Waals surface area contributed by atoms with Gasteiger partial charge in [-0.15, -0.1) is 0 Å². The zero-order valence-electron chi connectivity index (χ0n) is 13.8. The fourth-order valence-electron chi connectivity index (χ4n) is 3.70. The molecule has 0 saturated heterocycles. The van der Waals surface area contributed by atoms with Crippen LogP contribution >= 0.6 is 7.29 Å². The van der Waals surface area contributed by atoms with Gasteiger partial charge in [0, 0.05) is 16.7 Å². The second kappa shape index (κ2) is 7.47. The summed E-state index contributed by atoms with van der Waals surface area (Å²) in [7, 11) is -2.80. The van der Waals surface area contributed by atoms with Crippen LogP contribution in [0.25, 0.3) is 0 Å². The Bertz CT molecular complexity index is 606. The van der Waals surface area contributed by atoms with Crippen LogP contribution in [-0.2, 0) is 4.57 Å². The third-order valence-electron chi connectivity index (χ3n) is 5.00. The predicted molar refractivity (Wildman–Crippen MR) is 98.9 cm³/mol. The first-order valence-corrected chi connectivity index (χ1v) is 10.4. The smallest absolute Gasteiger partial charge is 0.204 e. The molecule has 3 heteroatoms. The molecule has 1 atom stereocenters. The lowest BCUT2D eigenvalue weighted by atomic mass is 9.97. The monoisotopic (exact) mass is 327 g/mol. The average Bonchev–Trinajstić information content (AvgIpc) is 3.15. The van der Waals surface area contributed by atoms with E-state index >= 15 is 0 Å². The van der Waals surface area contributed by atoms with Crippen molar-refractivity contribution in [1.82, 2.24) is 5.09 Å². The van der Waals surface area contributed by atoms with Crippen LogP contribution in [0.15, 0.2) is 60.7 Å². The molecule has 0 aromatic heterocycles. The van der Waals surface area contributed by atoms with Gasteiger partial charge in [-0.05, 0) is 49.4 Å². The van der Waals surface area contributed by atoms with Gasteiger partial charge in [-0.1, -0.05) is 56.2 Å². The molecular weight excluding hydrogens is 301 g/mol. The van der Waals surface area contributed by atoms with Crippen molar-refractivity contribution in [2.24, 2.45) is 5.92 Å². The van der Waals surface area contributed by atoms with Crippen LogP contribution in [0, 0.1) is 5.92 Å². The summed E-state index contributed by atoms with van der Waals surface area (Å²) in [5, 5.41) is 5.42. The Morgan fingerprint density at radius 1 is 0.957 bits per heavy atom. The zero-order valence-corrected chi connectivity index (χ0v) is 14.7. The molecule has 3 rings (SSSR count). The van der Waals surface area contributed by atoms with E-state index < -0.39 is 7.29 Å². The van der Waals surface area contributed by atoms with Gasteiger partial charge < -0.3 is 0 Å². The minimum Gasteiger partial charge on any atom is -0.297 e. The lowest BCUT2D eigenvalue weighted by molar-refractivity contribution is 0.392. The van der Waals surface area contributed by atoms with Crippen molar-refractivity contribution in [1.29, 1.82) is 0 Å². The average molecular weight is 327 g/mol. The molecule has 2 nitrogen and oxygen atoms in total. The summed E-state index contributed by atoms with van der Waals surface area (Å²) >= 11 is 0. The molecule has 0 heterocycles. The molecule has 1 unspecified atom stereocenters. The first-order valence-electron chi connectivity index (χ1n) is 8.73. The molecule has 1 saturated carbocycles. The standard InChI is InChI=1S/C20H26NOP/c1-2-20(17-11-9-10-12-17)21-23(22,18-13-5-3-6-14-18)19-15-7-4-8-16-19/h3-8,13-17,20H,2,9-12H2,1H3,(H,21,22). The van der Waals surface area contributed by atoms with E-state index in [1.807, 2.05) is 60.7 Å². The number of benzene rings is 2. The predicted octanol–water partition coefficient (Wildman–Crippen LogP) is 4.47. The van der Waals surface area contributed by atoms with Gasteiger partial charge in [-0.3, -0.25) is 9.65 Å². The quantitative estimate of drug-likeness (QED) is 0.793. The SMILES string of the molecule is CCC(NP(=O)(c1ccccc1)c1ccccc1)C1CCCC1. The number of nitrogens with one attached hydrogen (secondary N) is 1. The van der Waals surface area contributed by atoms with Crippen LogP contribution in [0.2, 0.25) is 0 Å². The summed E-state index contributed by atoms with van der Waals surface area (Å²) in [5.74, 6) is 0.653. The maximum Gasteiger partial charge on any atom is 0.204 e. The molecule has 2 aromatic carbocycles. The van der Waals surface area contributed by atoms with Gasteiger partial charge in [0.15, 0.2) is 0 Å². The van der Waals surface area contributed by atoms with Gasteiger partial charge in [-0.25, -0.2) is 0 Å². The Kier molecular flexibility index (Phi) is 5.35. The van der Waals surface area contributed by atoms with E-state index in [2.05, 4.69) is 12.0 Å². The fourth-order valence-corrected chi connectivity index (χ4v) is 6.34. The minimum absolute atomic E-state index is 0.323. The topological polar surface area (TPSA) is 29.1 Å². The Morgan fingerprint density at radius 2 is 1.43 bits per heavy atom. The van der Waals surface area contributed by atoms with Gasteiger partial charge in [-0.2, -0.15) is 0 Å². The van der Waals surface area contributed by atoms with Crippen LogP contribution in [0.4, 0.5) is 0 Å². The van der Waals surface area contributed by atoms with Gasteiger partial charge in [0.2, 0.25) is 7.29 Å². The Hall–Kier alpha value is -1.37. The van der Waals surface area contributed by atoms with E-state index in [0.29, 0.717) is 12.0 Å². The van der Waals surface area contributed by atoms with Crippen LogP contribution in [-0.4, -0.2) is 6.04 Å². The largest absolute Gasteiger partial charge is 0.297 e. The van der Waals surface area contributed by atoms with E-state index in [-0.39, 0.29) is 0 Å². The lowest BCUT2D eigenvalue weighted by Gasteiger charge is -2.30. The van der Waals surface area contributed by atoms with Crippen molar-refractivity contribution in [3.63, 3.8) is 0 Å². The molecular formula is C20H26NOP. The van der Waals surface area contributed by atoms with Crippen molar-refractivity contribution in [2.45, 2.75) is 45.1 Å². The Balaban J connectivity index is 1.97. The lowest BCUT2D eigenvalue weighted by Crippen LogP contribution is -2.38. The van der Waals surface area contributed by atoms with E-state index in [4.69, 9.17) is 0 Å². The number of hydrogen-bond acceptors (Lipinski definition) is 1. The van der Waals surface area contributed by atoms with Crippen LogP contribution in [0.1, 0.15) is 39.0 Å². The van der Waals surface area contributed by atoms with E-state index in [0.717, 1.165) is 17.0 Å². The summed E-state index contributed by atoms with van der Waals surface area (Å²) in [5.41, 5.74) is 0. The second-order valence-corrected chi connectivity index (χ2v) is 8.98. The maximum absolute atomic E-state index is 14.0. The third kappa shape index (κ3) is 3.59. The minimum atomic E-state index is -2.80. The van der Waals surface area contributed by atoms with Crippen molar-refractivity contribution in [3.8, 4) is 0 Å². The molecule has 0 aliphatic heterocycles. The highest BCUT2D eigenvalue weighted by Gasteiger charge is 2.33. The summed E-state index contributed by atoms with van der Waals surface area (Å²) in [6.45, 7) is 2.20. The summed E-state index contributed by atoms with van der Waals surface area (Å²) in [6, 6.07) is 20.1. The highest BCUT2D eigenvalue weighted by molar-refractivity contribution is 7.76. The van der Waals surface area contributed by atoms with E-state index in [1.54, 1.807) is 0 Å². The number of hydrogen-bond donors (Lipinski definition) is 1. The first kappa shape index (κ1) is 16.5. The highest BCUT2D eigenvalue weighted by atomic mass is 31.2. The van der Waals surface area contributed by atoms with Crippen molar-refractivity contribution in [3.05, 3.63) is 60.7 Å². The fraction of sp³-hybridized carbons (Fsp3) is 0.400. The van der Waals surface area contributed by atoms with Crippen molar-refractivity contribution >= 4 is 17.9 Å². The summed E-state index contributed by atoms with van der Waals surface area (Å²) in [6.07, 6.45) is 6.16.